The lowest BCUT2D eigenvalue weighted by atomic mass is 10.1. The molecule has 5 nitrogen and oxygen atoms in total. The molecule has 1 aromatic carbocycles. The lowest BCUT2D eigenvalue weighted by Gasteiger charge is -2.03. The topological polar surface area (TPSA) is 67.9 Å². The van der Waals surface area contributed by atoms with Gasteiger partial charge in [-0.15, -0.1) is 11.3 Å². The number of aromatic nitrogens is 2. The summed E-state index contributed by atoms with van der Waals surface area (Å²) in [5, 5.41) is 11.1. The summed E-state index contributed by atoms with van der Waals surface area (Å²) in [4.78, 5) is 16.6. The average Bonchev–Trinajstić information content (AvgIpc) is 3.20. The molecule has 1 saturated carbocycles. The van der Waals surface area contributed by atoms with E-state index in [0.29, 0.717) is 23.1 Å². The first kappa shape index (κ1) is 14.9. The summed E-state index contributed by atoms with van der Waals surface area (Å²) >= 11 is 1.31. The van der Waals surface area contributed by atoms with Gasteiger partial charge in [0.15, 0.2) is 0 Å². The molecule has 6 heteroatoms. The number of thiazole rings is 1. The molecular weight excluding hydrogens is 322 g/mol. The maximum absolute atomic E-state index is 11.8. The van der Waals surface area contributed by atoms with Gasteiger partial charge in [-0.25, -0.2) is 9.78 Å². The van der Waals surface area contributed by atoms with Gasteiger partial charge in [-0.1, -0.05) is 0 Å². The van der Waals surface area contributed by atoms with E-state index in [4.69, 9.17) is 4.74 Å². The molecule has 120 valence electrons. The predicted molar refractivity (Wildman–Crippen MR) is 92.0 cm³/mol. The van der Waals surface area contributed by atoms with Crippen LogP contribution < -0.4 is 0 Å². The van der Waals surface area contributed by atoms with Crippen LogP contribution in [0, 0.1) is 11.3 Å². The standard InChI is InChI=1S/C18H15N3O2S/c1-2-23-18(22)16-9-20-17(24-16)11-3-6-15-14(7-11)12(8-19)10-21(15)13-4-5-13/h3,6-7,9-10,13H,2,4-5H2,1H3. The van der Waals surface area contributed by atoms with Crippen LogP contribution >= 0.6 is 11.3 Å². The van der Waals surface area contributed by atoms with Crippen LogP contribution in [-0.2, 0) is 4.74 Å². The molecule has 0 radical (unpaired) electrons. The number of esters is 1. The summed E-state index contributed by atoms with van der Waals surface area (Å²) < 4.78 is 7.20. The summed E-state index contributed by atoms with van der Waals surface area (Å²) in [6.07, 6.45) is 5.83. The number of ether oxygens (including phenoxy) is 1. The van der Waals surface area contributed by atoms with Crippen molar-refractivity contribution in [1.82, 2.24) is 9.55 Å². The normalized spacial score (nSPS) is 13.8. The van der Waals surface area contributed by atoms with E-state index in [1.165, 1.54) is 24.2 Å². The van der Waals surface area contributed by atoms with Crippen molar-refractivity contribution in [2.75, 3.05) is 6.61 Å². The highest BCUT2D eigenvalue weighted by Crippen LogP contribution is 2.40. The number of carbonyl (C=O) groups excluding carboxylic acids is 1. The number of nitriles is 1. The van der Waals surface area contributed by atoms with E-state index in [1.54, 1.807) is 13.1 Å². The monoisotopic (exact) mass is 337 g/mol. The number of fused-ring (bicyclic) bond motifs is 1. The Hall–Kier alpha value is -2.65. The van der Waals surface area contributed by atoms with E-state index < -0.39 is 0 Å². The van der Waals surface area contributed by atoms with Crippen molar-refractivity contribution >= 4 is 28.2 Å². The highest BCUT2D eigenvalue weighted by atomic mass is 32.1. The summed E-state index contributed by atoms with van der Waals surface area (Å²) in [6.45, 7) is 2.12. The molecule has 0 aliphatic heterocycles. The molecule has 0 saturated heterocycles. The average molecular weight is 337 g/mol. The van der Waals surface area contributed by atoms with Gasteiger partial charge in [-0.2, -0.15) is 5.26 Å². The number of benzene rings is 1. The molecule has 0 spiro atoms. The van der Waals surface area contributed by atoms with Gasteiger partial charge in [0.05, 0.1) is 18.4 Å². The molecule has 0 atom stereocenters. The first-order valence-corrected chi connectivity index (χ1v) is 8.71. The minimum Gasteiger partial charge on any atom is -0.462 e. The van der Waals surface area contributed by atoms with Gasteiger partial charge in [-0.05, 0) is 38.0 Å². The zero-order valence-corrected chi connectivity index (χ0v) is 14.0. The zero-order valence-electron chi connectivity index (χ0n) is 13.2. The smallest absolute Gasteiger partial charge is 0.349 e. The van der Waals surface area contributed by atoms with Crippen molar-refractivity contribution in [2.24, 2.45) is 0 Å². The Balaban J connectivity index is 1.75. The molecule has 0 unspecified atom stereocenters. The number of hydrogen-bond donors (Lipinski definition) is 0. The van der Waals surface area contributed by atoms with Crippen LogP contribution in [0.4, 0.5) is 0 Å². The third-order valence-electron chi connectivity index (χ3n) is 4.12. The van der Waals surface area contributed by atoms with Crippen LogP contribution in [0.25, 0.3) is 21.5 Å². The number of hydrogen-bond acceptors (Lipinski definition) is 5. The third-order valence-corrected chi connectivity index (χ3v) is 5.15. The van der Waals surface area contributed by atoms with Gasteiger partial charge in [0.1, 0.15) is 16.0 Å². The maximum atomic E-state index is 11.8. The first-order chi connectivity index (χ1) is 11.7. The van der Waals surface area contributed by atoms with Crippen LogP contribution in [0.2, 0.25) is 0 Å². The fourth-order valence-electron chi connectivity index (χ4n) is 2.84. The van der Waals surface area contributed by atoms with Gasteiger partial charge in [0.25, 0.3) is 0 Å². The molecule has 0 amide bonds. The Morgan fingerprint density at radius 1 is 1.50 bits per heavy atom. The van der Waals surface area contributed by atoms with E-state index in [9.17, 15) is 10.1 Å². The number of rotatable bonds is 4. The van der Waals surface area contributed by atoms with Crippen molar-refractivity contribution in [2.45, 2.75) is 25.8 Å². The molecule has 1 aliphatic carbocycles. The Morgan fingerprint density at radius 3 is 3.04 bits per heavy atom. The van der Waals surface area contributed by atoms with Gasteiger partial charge < -0.3 is 9.30 Å². The molecule has 4 rings (SSSR count). The van der Waals surface area contributed by atoms with E-state index in [-0.39, 0.29) is 5.97 Å². The first-order valence-electron chi connectivity index (χ1n) is 7.89. The van der Waals surface area contributed by atoms with Crippen LogP contribution in [-0.4, -0.2) is 22.1 Å². The van der Waals surface area contributed by atoms with E-state index in [1.807, 2.05) is 24.4 Å². The Bertz CT molecular complexity index is 976. The van der Waals surface area contributed by atoms with Crippen molar-refractivity contribution < 1.29 is 9.53 Å². The molecule has 0 N–H and O–H groups in total. The third kappa shape index (κ3) is 2.47. The summed E-state index contributed by atoms with van der Waals surface area (Å²) in [6, 6.07) is 8.82. The molecule has 24 heavy (non-hydrogen) atoms. The highest BCUT2D eigenvalue weighted by Gasteiger charge is 2.26. The fourth-order valence-corrected chi connectivity index (χ4v) is 3.64. The summed E-state index contributed by atoms with van der Waals surface area (Å²) in [7, 11) is 0. The Labute approximate surface area is 143 Å². The maximum Gasteiger partial charge on any atom is 0.349 e. The molecule has 2 heterocycles. The molecule has 1 aliphatic rings. The van der Waals surface area contributed by atoms with Crippen LogP contribution in [0.1, 0.15) is 41.0 Å². The predicted octanol–water partition coefficient (Wildman–Crippen LogP) is 4.15. The molecule has 1 fully saturated rings. The molecular formula is C18H15N3O2S. The zero-order chi connectivity index (χ0) is 16.7. The quantitative estimate of drug-likeness (QED) is 0.671. The van der Waals surface area contributed by atoms with Crippen LogP contribution in [0.5, 0.6) is 0 Å². The Kier molecular flexibility index (Phi) is 3.58. The lowest BCUT2D eigenvalue weighted by molar-refractivity contribution is 0.0532. The number of nitrogens with zero attached hydrogens (tertiary/aromatic N) is 3. The molecule has 0 bridgehead atoms. The summed E-state index contributed by atoms with van der Waals surface area (Å²) in [5.41, 5.74) is 2.67. The largest absolute Gasteiger partial charge is 0.462 e. The SMILES string of the molecule is CCOC(=O)c1cnc(-c2ccc3c(c2)c(C#N)cn3C2CC2)s1. The highest BCUT2D eigenvalue weighted by molar-refractivity contribution is 7.16. The fraction of sp³-hybridized carbons (Fsp3) is 0.278. The van der Waals surface area contributed by atoms with E-state index in [2.05, 4.69) is 15.6 Å². The van der Waals surface area contributed by atoms with Crippen molar-refractivity contribution in [3.63, 3.8) is 0 Å². The second-order valence-corrected chi connectivity index (χ2v) is 6.81. The van der Waals surface area contributed by atoms with Crippen LogP contribution in [0.15, 0.2) is 30.6 Å². The van der Waals surface area contributed by atoms with Crippen molar-refractivity contribution in [1.29, 1.82) is 5.26 Å². The lowest BCUT2D eigenvalue weighted by Crippen LogP contribution is -2.01. The minimum atomic E-state index is -0.347. The van der Waals surface area contributed by atoms with Crippen molar-refractivity contribution in [3.05, 3.63) is 41.0 Å². The minimum absolute atomic E-state index is 0.345. The molecule has 2 aromatic heterocycles. The van der Waals surface area contributed by atoms with E-state index in [0.717, 1.165) is 21.5 Å². The van der Waals surface area contributed by atoms with Gasteiger partial charge >= 0.3 is 5.97 Å². The molecule has 3 aromatic rings. The van der Waals surface area contributed by atoms with Gasteiger partial charge in [0, 0.05) is 28.7 Å². The summed E-state index contributed by atoms with van der Waals surface area (Å²) in [5.74, 6) is -0.347. The van der Waals surface area contributed by atoms with Gasteiger partial charge in [-0.3, -0.25) is 0 Å². The van der Waals surface area contributed by atoms with E-state index >= 15 is 0 Å². The Morgan fingerprint density at radius 2 is 2.33 bits per heavy atom. The number of carbonyl (C=O) groups is 1. The van der Waals surface area contributed by atoms with Crippen LogP contribution in [0.3, 0.4) is 0 Å². The second kappa shape index (κ2) is 5.77. The second-order valence-electron chi connectivity index (χ2n) is 5.78. The van der Waals surface area contributed by atoms with Gasteiger partial charge in [0.2, 0.25) is 0 Å². The van der Waals surface area contributed by atoms with Crippen molar-refractivity contribution in [3.8, 4) is 16.6 Å².